The third-order valence-corrected chi connectivity index (χ3v) is 1.29. The first-order chi connectivity index (χ1) is 5.78. The summed E-state index contributed by atoms with van der Waals surface area (Å²) in [5, 5.41) is 33.8. The number of carboxylic acid groups (broad SMARTS) is 3. The van der Waals surface area contributed by atoms with Crippen LogP contribution in [0, 0.1) is 0 Å². The minimum Gasteiger partial charge on any atom is -0.481 e. The predicted octanol–water partition coefficient (Wildman–Crippen LogP) is -1.09. The molecule has 0 spiro atoms. The van der Waals surface area contributed by atoms with Crippen LogP contribution < -0.4 is 6.15 Å². The molecule has 0 fully saturated rings. The molecule has 0 saturated heterocycles. The summed E-state index contributed by atoms with van der Waals surface area (Å²) in [5.74, 6) is -5.02. The number of aliphatic hydroxyl groups is 1. The number of hydrogen-bond acceptors (Lipinski definition) is 5. The largest absolute Gasteiger partial charge is 0.481 e. The Bertz CT molecular complexity index is 249. The van der Waals surface area contributed by atoms with Gasteiger partial charge in [-0.2, -0.15) is 0 Å². The smallest absolute Gasteiger partial charge is 0.336 e. The van der Waals surface area contributed by atoms with Gasteiger partial charge >= 0.3 is 17.9 Å². The van der Waals surface area contributed by atoms with E-state index in [1.165, 1.54) is 0 Å². The molecule has 1 radical (unpaired) electrons. The molecule has 0 bridgehead atoms. The summed E-state index contributed by atoms with van der Waals surface area (Å²) in [7, 11) is 0. The van der Waals surface area contributed by atoms with E-state index in [4.69, 9.17) is 20.4 Å². The van der Waals surface area contributed by atoms with E-state index in [2.05, 4.69) is 0 Å². The number of rotatable bonds is 5. The third-order valence-electron chi connectivity index (χ3n) is 1.29. The van der Waals surface area contributed by atoms with Gasteiger partial charge in [-0.05, 0) is 0 Å². The van der Waals surface area contributed by atoms with Crippen molar-refractivity contribution in [2.45, 2.75) is 18.4 Å². The van der Waals surface area contributed by atoms with Crippen LogP contribution in [0.2, 0.25) is 0 Å². The van der Waals surface area contributed by atoms with Crippen LogP contribution in [0.1, 0.15) is 12.8 Å². The Kier molecular flexibility index (Phi) is 22.1. The molecular weight excluding hydrogens is 374 g/mol. The molecule has 0 saturated carbocycles. The SMILES string of the molecule is N.O=C(O)CC(O)(CC(=O)O)C(=O)O.[Fe].[Mn].[Zn]. The van der Waals surface area contributed by atoms with E-state index in [-0.39, 0.29) is 59.8 Å². The van der Waals surface area contributed by atoms with E-state index < -0.39 is 36.4 Å². The second-order valence-corrected chi connectivity index (χ2v) is 2.48. The standard InChI is InChI=1S/C6H8O7.Fe.Mn.H3N.Zn/c7-3(8)1-6(13,5(11)12)2-4(9)10;;;;/h13H,1-2H2,(H,7,8)(H,9,10)(H,11,12);;;1H3;. The molecule has 11 heteroatoms. The second-order valence-electron chi connectivity index (χ2n) is 2.48. The van der Waals surface area contributed by atoms with Gasteiger partial charge in [0.25, 0.3) is 0 Å². The van der Waals surface area contributed by atoms with Crippen molar-refractivity contribution in [3.05, 3.63) is 0 Å². The Morgan fingerprint density at radius 3 is 1.29 bits per heavy atom. The molecule has 0 aliphatic carbocycles. The summed E-state index contributed by atoms with van der Waals surface area (Å²) >= 11 is 0. The van der Waals surface area contributed by atoms with Gasteiger partial charge in [-0.1, -0.05) is 0 Å². The maximum atomic E-state index is 10.3. The first kappa shape index (κ1) is 30.2. The first-order valence-corrected chi connectivity index (χ1v) is 3.17. The van der Waals surface area contributed by atoms with E-state index in [1.807, 2.05) is 0 Å². The van der Waals surface area contributed by atoms with Crippen LogP contribution in [0.25, 0.3) is 0 Å². The number of carboxylic acids is 3. The van der Waals surface area contributed by atoms with Gasteiger partial charge in [0.05, 0.1) is 12.8 Å². The summed E-state index contributed by atoms with van der Waals surface area (Å²) < 4.78 is 0. The van der Waals surface area contributed by atoms with Crippen LogP contribution in [-0.4, -0.2) is 43.9 Å². The number of aliphatic carboxylic acids is 3. The van der Waals surface area contributed by atoms with Gasteiger partial charge in [0.15, 0.2) is 5.60 Å². The molecule has 0 aromatic heterocycles. The normalized spacial score (nSPS) is 8.29. The zero-order valence-corrected chi connectivity index (χ0v) is 13.8. The molecule has 7 N–H and O–H groups in total. The molecule has 0 heterocycles. The van der Waals surface area contributed by atoms with Gasteiger partial charge in [0.1, 0.15) is 0 Å². The van der Waals surface area contributed by atoms with Crippen LogP contribution in [0.15, 0.2) is 0 Å². The van der Waals surface area contributed by atoms with Crippen molar-refractivity contribution in [1.29, 1.82) is 0 Å². The van der Waals surface area contributed by atoms with Gasteiger partial charge in [0, 0.05) is 53.6 Å². The average molecular weight is 385 g/mol. The van der Waals surface area contributed by atoms with Gasteiger partial charge < -0.3 is 26.6 Å². The Balaban J connectivity index is -0.000000120. The topological polar surface area (TPSA) is 167 Å². The molecule has 0 aromatic rings. The monoisotopic (exact) mass is 384 g/mol. The Hall–Kier alpha value is -0.00766. The van der Waals surface area contributed by atoms with Gasteiger partial charge in [-0.3, -0.25) is 9.59 Å². The van der Waals surface area contributed by atoms with Crippen LogP contribution in [0.5, 0.6) is 0 Å². The fourth-order valence-electron chi connectivity index (χ4n) is 0.714. The van der Waals surface area contributed by atoms with Crippen molar-refractivity contribution in [3.63, 3.8) is 0 Å². The molecule has 17 heavy (non-hydrogen) atoms. The number of carbonyl (C=O) groups is 3. The third kappa shape index (κ3) is 12.2. The fraction of sp³-hybridized carbons (Fsp3) is 0.500. The fourth-order valence-corrected chi connectivity index (χ4v) is 0.714. The number of hydrogen-bond donors (Lipinski definition) is 5. The van der Waals surface area contributed by atoms with Gasteiger partial charge in [-0.25, -0.2) is 4.79 Å². The van der Waals surface area contributed by atoms with E-state index >= 15 is 0 Å². The molecule has 0 atom stereocenters. The van der Waals surface area contributed by atoms with Gasteiger partial charge in [-0.15, -0.1) is 0 Å². The maximum absolute atomic E-state index is 10.3. The van der Waals surface area contributed by atoms with E-state index in [0.29, 0.717) is 0 Å². The van der Waals surface area contributed by atoms with Crippen LogP contribution in [-0.2, 0) is 68.0 Å². The molecule has 0 unspecified atom stereocenters. The first-order valence-electron chi connectivity index (χ1n) is 3.17. The summed E-state index contributed by atoms with van der Waals surface area (Å²) in [6, 6.07) is 0. The Morgan fingerprint density at radius 2 is 1.18 bits per heavy atom. The minimum absolute atomic E-state index is 0. The molecule has 0 aliphatic heterocycles. The van der Waals surface area contributed by atoms with Crippen molar-refractivity contribution >= 4 is 17.9 Å². The molecule has 0 aliphatic rings. The van der Waals surface area contributed by atoms with Crippen molar-refractivity contribution in [2.75, 3.05) is 0 Å². The van der Waals surface area contributed by atoms with Crippen LogP contribution in [0.3, 0.4) is 0 Å². The molecule has 8 nitrogen and oxygen atoms in total. The second kappa shape index (κ2) is 12.4. The molecule has 0 amide bonds. The zero-order chi connectivity index (χ0) is 10.6. The Labute approximate surface area is 130 Å². The minimum atomic E-state index is -2.74. The van der Waals surface area contributed by atoms with Gasteiger partial charge in [0.2, 0.25) is 0 Å². The van der Waals surface area contributed by atoms with Crippen molar-refractivity contribution in [2.24, 2.45) is 0 Å². The average Bonchev–Trinajstić information content (AvgIpc) is 1.82. The quantitative estimate of drug-likeness (QED) is 0.372. The summed E-state index contributed by atoms with van der Waals surface area (Å²) in [6.45, 7) is 0. The van der Waals surface area contributed by atoms with Crippen LogP contribution >= 0.6 is 0 Å². The summed E-state index contributed by atoms with van der Waals surface area (Å²) in [6.07, 6.45) is -2.29. The zero-order valence-electron chi connectivity index (χ0n) is 8.57. The van der Waals surface area contributed by atoms with E-state index in [1.54, 1.807) is 0 Å². The molecule has 0 rings (SSSR count). The van der Waals surface area contributed by atoms with Crippen molar-refractivity contribution in [3.8, 4) is 0 Å². The summed E-state index contributed by atoms with van der Waals surface area (Å²) in [4.78, 5) is 30.5. The Morgan fingerprint density at radius 1 is 0.941 bits per heavy atom. The molecular formula is C6H11FeMnNO7Zn. The van der Waals surface area contributed by atoms with Crippen LogP contribution in [0.4, 0.5) is 0 Å². The van der Waals surface area contributed by atoms with Crippen molar-refractivity contribution < 1.29 is 88.4 Å². The maximum Gasteiger partial charge on any atom is 0.336 e. The molecule has 99 valence electrons. The van der Waals surface area contributed by atoms with Crippen molar-refractivity contribution in [1.82, 2.24) is 6.15 Å². The molecule has 0 aromatic carbocycles. The summed E-state index contributed by atoms with van der Waals surface area (Å²) in [5.41, 5.74) is -2.74. The van der Waals surface area contributed by atoms with E-state index in [9.17, 15) is 14.4 Å². The van der Waals surface area contributed by atoms with E-state index in [0.717, 1.165) is 0 Å². The predicted molar refractivity (Wildman–Crippen MR) is 42.1 cm³/mol.